The molecule has 0 saturated carbocycles. The predicted molar refractivity (Wildman–Crippen MR) is 73.9 cm³/mol. The van der Waals surface area contributed by atoms with Crippen LogP contribution >= 0.6 is 0 Å². The second kappa shape index (κ2) is 10.4. The fourth-order valence-corrected chi connectivity index (χ4v) is 1.63. The summed E-state index contributed by atoms with van der Waals surface area (Å²) in [6.45, 7) is 5.53. The number of methoxy groups -OCH3 is 1. The molecule has 0 saturated heterocycles. The van der Waals surface area contributed by atoms with E-state index >= 15 is 0 Å². The Labute approximate surface area is 119 Å². The van der Waals surface area contributed by atoms with Gasteiger partial charge < -0.3 is 23.5 Å². The third-order valence-corrected chi connectivity index (χ3v) is 2.59. The molecule has 0 fully saturated rings. The van der Waals surface area contributed by atoms with Gasteiger partial charge in [-0.25, -0.2) is 4.79 Å². The molecule has 0 N–H and O–H groups in total. The van der Waals surface area contributed by atoms with E-state index in [1.54, 1.807) is 20.1 Å². The molecule has 0 radical (unpaired) electrons. The Hall–Kier alpha value is -1.37. The van der Waals surface area contributed by atoms with E-state index in [0.717, 1.165) is 0 Å². The molecule has 0 spiro atoms. The Morgan fingerprint density at radius 2 is 1.85 bits per heavy atom. The van der Waals surface area contributed by atoms with Crippen molar-refractivity contribution in [3.05, 3.63) is 24.0 Å². The molecule has 20 heavy (non-hydrogen) atoms. The van der Waals surface area contributed by atoms with Gasteiger partial charge in [0, 0.05) is 19.9 Å². The topological polar surface area (TPSA) is 58.9 Å². The van der Waals surface area contributed by atoms with Crippen LogP contribution in [0.25, 0.3) is 0 Å². The lowest BCUT2D eigenvalue weighted by Gasteiger charge is -2.09. The highest BCUT2D eigenvalue weighted by molar-refractivity contribution is 5.87. The van der Waals surface area contributed by atoms with Gasteiger partial charge in [-0.15, -0.1) is 0 Å². The standard InChI is InChI=1S/C14H23NO5/c1-3-20-14(16)13-5-4-6-15(13)7-8-18-11-12-19-10-9-17-2/h4-6H,3,7-12H2,1-2H3. The van der Waals surface area contributed by atoms with E-state index in [1.165, 1.54) is 0 Å². The predicted octanol–water partition coefficient (Wildman–Crippen LogP) is 1.34. The maximum atomic E-state index is 11.6. The first-order valence-corrected chi connectivity index (χ1v) is 6.76. The highest BCUT2D eigenvalue weighted by Gasteiger charge is 2.10. The van der Waals surface area contributed by atoms with Crippen molar-refractivity contribution in [1.82, 2.24) is 4.57 Å². The molecule has 0 amide bonds. The van der Waals surface area contributed by atoms with E-state index in [1.807, 2.05) is 16.8 Å². The first kappa shape index (κ1) is 16.7. The van der Waals surface area contributed by atoms with Crippen LogP contribution in [0.1, 0.15) is 17.4 Å². The largest absolute Gasteiger partial charge is 0.461 e. The molecule has 1 heterocycles. The van der Waals surface area contributed by atoms with E-state index < -0.39 is 0 Å². The fourth-order valence-electron chi connectivity index (χ4n) is 1.63. The van der Waals surface area contributed by atoms with Crippen LogP contribution in [0.15, 0.2) is 18.3 Å². The number of aromatic nitrogens is 1. The van der Waals surface area contributed by atoms with E-state index in [0.29, 0.717) is 51.9 Å². The van der Waals surface area contributed by atoms with Gasteiger partial charge in [-0.05, 0) is 19.1 Å². The van der Waals surface area contributed by atoms with Gasteiger partial charge in [0.25, 0.3) is 0 Å². The summed E-state index contributed by atoms with van der Waals surface area (Å²) in [4.78, 5) is 11.6. The van der Waals surface area contributed by atoms with Gasteiger partial charge in [0.05, 0.1) is 39.6 Å². The van der Waals surface area contributed by atoms with Gasteiger partial charge in [0.2, 0.25) is 0 Å². The van der Waals surface area contributed by atoms with Crippen LogP contribution in [-0.2, 0) is 25.5 Å². The van der Waals surface area contributed by atoms with Crippen molar-refractivity contribution in [2.24, 2.45) is 0 Å². The third kappa shape index (κ3) is 6.18. The number of hydrogen-bond acceptors (Lipinski definition) is 5. The molecule has 0 unspecified atom stereocenters. The van der Waals surface area contributed by atoms with Crippen LogP contribution in [-0.4, -0.2) is 57.3 Å². The SMILES string of the molecule is CCOC(=O)c1cccn1CCOCCOCCOC. The second-order valence-electron chi connectivity index (χ2n) is 4.02. The Bertz CT molecular complexity index is 377. The maximum Gasteiger partial charge on any atom is 0.354 e. The highest BCUT2D eigenvalue weighted by Crippen LogP contribution is 2.04. The zero-order chi connectivity index (χ0) is 14.6. The van der Waals surface area contributed by atoms with Gasteiger partial charge in [-0.2, -0.15) is 0 Å². The number of ether oxygens (including phenoxy) is 4. The van der Waals surface area contributed by atoms with Crippen molar-refractivity contribution in [2.75, 3.05) is 46.8 Å². The minimum atomic E-state index is -0.305. The summed E-state index contributed by atoms with van der Waals surface area (Å²) in [5.74, 6) is -0.305. The first-order valence-electron chi connectivity index (χ1n) is 6.76. The lowest BCUT2D eigenvalue weighted by molar-refractivity contribution is 0.0227. The number of carbonyl (C=O) groups excluding carboxylic acids is 1. The molecule has 0 aliphatic carbocycles. The normalized spacial score (nSPS) is 10.7. The zero-order valence-electron chi connectivity index (χ0n) is 12.2. The molecule has 6 nitrogen and oxygen atoms in total. The molecule has 1 rings (SSSR count). The van der Waals surface area contributed by atoms with E-state index in [9.17, 15) is 4.79 Å². The lowest BCUT2D eigenvalue weighted by Crippen LogP contribution is -2.15. The van der Waals surface area contributed by atoms with Gasteiger partial charge >= 0.3 is 5.97 Å². The monoisotopic (exact) mass is 285 g/mol. The lowest BCUT2D eigenvalue weighted by atomic mass is 10.4. The number of rotatable bonds is 11. The van der Waals surface area contributed by atoms with E-state index in [2.05, 4.69) is 0 Å². The molecule has 0 aliphatic heterocycles. The van der Waals surface area contributed by atoms with Crippen LogP contribution < -0.4 is 0 Å². The average Bonchev–Trinajstić information content (AvgIpc) is 2.90. The number of carbonyl (C=O) groups is 1. The molecular formula is C14H23NO5. The molecule has 114 valence electrons. The molecule has 0 atom stereocenters. The quantitative estimate of drug-likeness (QED) is 0.453. The molecule has 0 aliphatic rings. The summed E-state index contributed by atoms with van der Waals surface area (Å²) in [6.07, 6.45) is 1.84. The van der Waals surface area contributed by atoms with E-state index in [4.69, 9.17) is 18.9 Å². The van der Waals surface area contributed by atoms with Crippen molar-refractivity contribution in [3.8, 4) is 0 Å². The molecule has 1 aromatic heterocycles. The molecule has 0 aromatic carbocycles. The Balaban J connectivity index is 2.16. The average molecular weight is 285 g/mol. The van der Waals surface area contributed by atoms with Crippen molar-refractivity contribution < 1.29 is 23.7 Å². The zero-order valence-corrected chi connectivity index (χ0v) is 12.2. The molecular weight excluding hydrogens is 262 g/mol. The van der Waals surface area contributed by atoms with Crippen LogP contribution in [0, 0.1) is 0 Å². The second-order valence-corrected chi connectivity index (χ2v) is 4.02. The highest BCUT2D eigenvalue weighted by atomic mass is 16.5. The first-order chi connectivity index (χ1) is 9.79. The number of nitrogens with zero attached hydrogens (tertiary/aromatic N) is 1. The minimum absolute atomic E-state index is 0.305. The van der Waals surface area contributed by atoms with Crippen molar-refractivity contribution in [1.29, 1.82) is 0 Å². The summed E-state index contributed by atoms with van der Waals surface area (Å²) < 4.78 is 22.4. The minimum Gasteiger partial charge on any atom is -0.461 e. The summed E-state index contributed by atoms with van der Waals surface area (Å²) in [5.41, 5.74) is 0.548. The summed E-state index contributed by atoms with van der Waals surface area (Å²) in [5, 5.41) is 0. The third-order valence-electron chi connectivity index (χ3n) is 2.59. The molecule has 6 heteroatoms. The van der Waals surface area contributed by atoms with Crippen molar-refractivity contribution >= 4 is 5.97 Å². The number of esters is 1. The van der Waals surface area contributed by atoms with Gasteiger partial charge in [0.15, 0.2) is 0 Å². The van der Waals surface area contributed by atoms with Crippen molar-refractivity contribution in [2.45, 2.75) is 13.5 Å². The Morgan fingerprint density at radius 3 is 2.55 bits per heavy atom. The van der Waals surface area contributed by atoms with Crippen molar-refractivity contribution in [3.63, 3.8) is 0 Å². The molecule has 0 bridgehead atoms. The fraction of sp³-hybridized carbons (Fsp3) is 0.643. The molecule has 1 aromatic rings. The van der Waals surface area contributed by atoms with Gasteiger partial charge in [0.1, 0.15) is 5.69 Å². The van der Waals surface area contributed by atoms with Crippen LogP contribution in [0.3, 0.4) is 0 Å². The Kier molecular flexibility index (Phi) is 8.69. The summed E-state index contributed by atoms with van der Waals surface area (Å²) in [6, 6.07) is 3.56. The maximum absolute atomic E-state index is 11.6. The summed E-state index contributed by atoms with van der Waals surface area (Å²) in [7, 11) is 1.64. The van der Waals surface area contributed by atoms with Gasteiger partial charge in [-0.3, -0.25) is 0 Å². The van der Waals surface area contributed by atoms with Crippen LogP contribution in [0.4, 0.5) is 0 Å². The Morgan fingerprint density at radius 1 is 1.15 bits per heavy atom. The smallest absolute Gasteiger partial charge is 0.354 e. The summed E-state index contributed by atoms with van der Waals surface area (Å²) >= 11 is 0. The van der Waals surface area contributed by atoms with E-state index in [-0.39, 0.29) is 5.97 Å². The number of hydrogen-bond donors (Lipinski definition) is 0. The van der Waals surface area contributed by atoms with Crippen LogP contribution in [0.5, 0.6) is 0 Å². The van der Waals surface area contributed by atoms with Crippen LogP contribution in [0.2, 0.25) is 0 Å². The van der Waals surface area contributed by atoms with Gasteiger partial charge in [-0.1, -0.05) is 0 Å².